The fraction of sp³-hybridized carbons (Fsp3) is 0.500. The SMILES string of the molecule is CC1=C(C#N)S(=O)(=O)CCO1. The molecule has 4 nitrogen and oxygen atoms in total. The molecule has 0 unspecified atom stereocenters. The maximum Gasteiger partial charge on any atom is 0.195 e. The zero-order valence-electron chi connectivity index (χ0n) is 5.99. The van der Waals surface area contributed by atoms with Crippen LogP contribution in [-0.2, 0) is 14.6 Å². The third kappa shape index (κ3) is 1.35. The lowest BCUT2D eigenvalue weighted by atomic mass is 10.5. The van der Waals surface area contributed by atoms with E-state index in [0.717, 1.165) is 0 Å². The first kappa shape index (κ1) is 8.08. The summed E-state index contributed by atoms with van der Waals surface area (Å²) >= 11 is 0. The van der Waals surface area contributed by atoms with Crippen LogP contribution in [0.25, 0.3) is 0 Å². The van der Waals surface area contributed by atoms with Crippen molar-refractivity contribution in [1.29, 1.82) is 5.26 Å². The van der Waals surface area contributed by atoms with Crippen LogP contribution >= 0.6 is 0 Å². The van der Waals surface area contributed by atoms with Crippen molar-refractivity contribution in [3.05, 3.63) is 10.7 Å². The molecule has 1 rings (SSSR count). The summed E-state index contributed by atoms with van der Waals surface area (Å²) in [6.07, 6.45) is 0. The summed E-state index contributed by atoms with van der Waals surface area (Å²) in [5.74, 6) is 0.117. The molecule has 0 aromatic heterocycles. The Balaban J connectivity index is 3.26. The Morgan fingerprint density at radius 2 is 2.27 bits per heavy atom. The lowest BCUT2D eigenvalue weighted by molar-refractivity contribution is 0.227. The molecule has 0 aromatic carbocycles. The van der Waals surface area contributed by atoms with Gasteiger partial charge in [-0.1, -0.05) is 0 Å². The number of ether oxygens (including phenoxy) is 1. The summed E-state index contributed by atoms with van der Waals surface area (Å²) in [7, 11) is -3.33. The van der Waals surface area contributed by atoms with E-state index in [2.05, 4.69) is 0 Å². The van der Waals surface area contributed by atoms with E-state index >= 15 is 0 Å². The highest BCUT2D eigenvalue weighted by atomic mass is 32.2. The van der Waals surface area contributed by atoms with Crippen molar-refractivity contribution >= 4 is 9.84 Å². The van der Waals surface area contributed by atoms with Gasteiger partial charge < -0.3 is 4.74 Å². The Labute approximate surface area is 65.0 Å². The molecule has 0 saturated carbocycles. The van der Waals surface area contributed by atoms with Crippen LogP contribution in [0.15, 0.2) is 10.7 Å². The first-order valence-corrected chi connectivity index (χ1v) is 4.69. The van der Waals surface area contributed by atoms with Crippen molar-refractivity contribution in [2.75, 3.05) is 12.4 Å². The average Bonchev–Trinajstić information content (AvgIpc) is 1.86. The fourth-order valence-corrected chi connectivity index (χ4v) is 1.98. The summed E-state index contributed by atoms with van der Waals surface area (Å²) in [5.41, 5.74) is 0. The van der Waals surface area contributed by atoms with Crippen molar-refractivity contribution in [3.63, 3.8) is 0 Å². The maximum atomic E-state index is 11.1. The lowest BCUT2D eigenvalue weighted by Gasteiger charge is -2.13. The number of hydrogen-bond acceptors (Lipinski definition) is 4. The monoisotopic (exact) mass is 173 g/mol. The molecule has 1 aliphatic heterocycles. The first-order chi connectivity index (χ1) is 5.08. The van der Waals surface area contributed by atoms with Crippen LogP contribution in [0.1, 0.15) is 6.92 Å². The maximum absolute atomic E-state index is 11.1. The predicted octanol–water partition coefficient (Wildman–Crippen LogP) is 0.186. The molecule has 0 bridgehead atoms. The molecule has 0 N–H and O–H groups in total. The minimum absolute atomic E-state index is 0.0900. The van der Waals surface area contributed by atoms with E-state index in [1.165, 1.54) is 6.92 Å². The molecular formula is C6H7NO3S. The Hall–Kier alpha value is -1.02. The molecule has 60 valence electrons. The average molecular weight is 173 g/mol. The quantitative estimate of drug-likeness (QED) is 0.524. The van der Waals surface area contributed by atoms with E-state index in [1.54, 1.807) is 6.07 Å². The fourth-order valence-electron chi connectivity index (χ4n) is 0.839. The van der Waals surface area contributed by atoms with E-state index in [-0.39, 0.29) is 23.0 Å². The molecule has 0 saturated heterocycles. The molecule has 0 atom stereocenters. The third-order valence-corrected chi connectivity index (χ3v) is 3.11. The summed E-state index contributed by atoms with van der Waals surface area (Å²) in [5, 5.41) is 8.43. The molecule has 0 radical (unpaired) electrons. The molecule has 0 fully saturated rings. The Morgan fingerprint density at radius 1 is 1.64 bits per heavy atom. The minimum Gasteiger partial charge on any atom is -0.495 e. The van der Waals surface area contributed by atoms with E-state index < -0.39 is 9.84 Å². The topological polar surface area (TPSA) is 67.2 Å². The highest BCUT2D eigenvalue weighted by molar-refractivity contribution is 7.95. The molecule has 11 heavy (non-hydrogen) atoms. The number of allylic oxidation sites excluding steroid dienone is 2. The summed E-state index contributed by atoms with van der Waals surface area (Å²) in [6, 6.07) is 1.61. The number of rotatable bonds is 0. The second-order valence-corrected chi connectivity index (χ2v) is 4.21. The van der Waals surface area contributed by atoms with E-state index in [0.29, 0.717) is 0 Å². The van der Waals surface area contributed by atoms with Gasteiger partial charge in [0.25, 0.3) is 0 Å². The highest BCUT2D eigenvalue weighted by Crippen LogP contribution is 2.17. The number of sulfone groups is 1. The van der Waals surface area contributed by atoms with Crippen LogP contribution < -0.4 is 0 Å². The van der Waals surface area contributed by atoms with Crippen molar-refractivity contribution in [1.82, 2.24) is 0 Å². The van der Waals surface area contributed by atoms with Gasteiger partial charge in [0.05, 0.1) is 5.75 Å². The summed E-state index contributed by atoms with van der Waals surface area (Å²) < 4.78 is 27.0. The van der Waals surface area contributed by atoms with Gasteiger partial charge in [-0.05, 0) is 6.92 Å². The predicted molar refractivity (Wildman–Crippen MR) is 38.1 cm³/mol. The van der Waals surface area contributed by atoms with Crippen LogP contribution in [-0.4, -0.2) is 20.8 Å². The second-order valence-electron chi connectivity index (χ2n) is 2.16. The zero-order chi connectivity index (χ0) is 8.48. The minimum atomic E-state index is -3.33. The Kier molecular flexibility index (Phi) is 1.87. The van der Waals surface area contributed by atoms with Gasteiger partial charge >= 0.3 is 0 Å². The van der Waals surface area contributed by atoms with Gasteiger partial charge in [-0.15, -0.1) is 0 Å². The van der Waals surface area contributed by atoms with E-state index in [4.69, 9.17) is 10.00 Å². The molecular weight excluding hydrogens is 166 g/mol. The number of hydrogen-bond donors (Lipinski definition) is 0. The largest absolute Gasteiger partial charge is 0.495 e. The van der Waals surface area contributed by atoms with Crippen LogP contribution in [0.4, 0.5) is 0 Å². The molecule has 0 aromatic rings. The Bertz CT molecular complexity index is 333. The van der Waals surface area contributed by atoms with Gasteiger partial charge in [-0.25, -0.2) is 8.42 Å². The molecule has 0 amide bonds. The zero-order valence-corrected chi connectivity index (χ0v) is 6.81. The standard InChI is InChI=1S/C6H7NO3S/c1-5-6(4-7)11(8,9)3-2-10-5/h2-3H2,1H3. The van der Waals surface area contributed by atoms with Gasteiger partial charge in [-0.2, -0.15) is 5.26 Å². The molecule has 1 aliphatic rings. The third-order valence-electron chi connectivity index (χ3n) is 1.40. The van der Waals surface area contributed by atoms with Crippen molar-refractivity contribution in [2.24, 2.45) is 0 Å². The lowest BCUT2D eigenvalue weighted by Crippen LogP contribution is -2.20. The first-order valence-electron chi connectivity index (χ1n) is 3.04. The highest BCUT2D eigenvalue weighted by Gasteiger charge is 2.25. The summed E-state index contributed by atoms with van der Waals surface area (Å²) in [4.78, 5) is -0.233. The normalized spacial score (nSPS) is 22.2. The summed E-state index contributed by atoms with van der Waals surface area (Å²) in [6.45, 7) is 1.63. The Morgan fingerprint density at radius 3 is 2.64 bits per heavy atom. The van der Waals surface area contributed by atoms with Crippen LogP contribution in [0.2, 0.25) is 0 Å². The van der Waals surface area contributed by atoms with Gasteiger partial charge in [-0.3, -0.25) is 0 Å². The molecule has 1 heterocycles. The second kappa shape index (κ2) is 2.55. The molecule has 0 spiro atoms. The number of nitriles is 1. The van der Waals surface area contributed by atoms with E-state index in [1.807, 2.05) is 0 Å². The van der Waals surface area contributed by atoms with Crippen LogP contribution in [0, 0.1) is 11.3 Å². The van der Waals surface area contributed by atoms with Crippen LogP contribution in [0.5, 0.6) is 0 Å². The van der Waals surface area contributed by atoms with Crippen LogP contribution in [0.3, 0.4) is 0 Å². The van der Waals surface area contributed by atoms with Gasteiger partial charge in [0.15, 0.2) is 14.7 Å². The van der Waals surface area contributed by atoms with Gasteiger partial charge in [0, 0.05) is 0 Å². The van der Waals surface area contributed by atoms with Crippen molar-refractivity contribution in [3.8, 4) is 6.07 Å². The number of nitrogens with zero attached hydrogens (tertiary/aromatic N) is 1. The smallest absolute Gasteiger partial charge is 0.195 e. The van der Waals surface area contributed by atoms with Gasteiger partial charge in [0.1, 0.15) is 18.4 Å². The van der Waals surface area contributed by atoms with E-state index in [9.17, 15) is 8.42 Å². The molecule has 5 heteroatoms. The van der Waals surface area contributed by atoms with Crippen molar-refractivity contribution in [2.45, 2.75) is 6.92 Å². The molecule has 0 aliphatic carbocycles. The van der Waals surface area contributed by atoms with Gasteiger partial charge in [0.2, 0.25) is 0 Å². The van der Waals surface area contributed by atoms with Crippen molar-refractivity contribution < 1.29 is 13.2 Å².